The zero-order chi connectivity index (χ0) is 10.1. The molecule has 0 saturated carbocycles. The molecular formula is C8H10N2O3. The lowest BCUT2D eigenvalue weighted by molar-refractivity contribution is -0.145. The maximum Gasteiger partial charge on any atom is 0.325 e. The van der Waals surface area contributed by atoms with E-state index < -0.39 is 11.4 Å². The highest BCUT2D eigenvalue weighted by Gasteiger charge is 2.46. The van der Waals surface area contributed by atoms with Gasteiger partial charge >= 0.3 is 5.97 Å². The second-order valence-corrected chi connectivity index (χ2v) is 3.19. The Hall–Kier alpha value is -1.57. The van der Waals surface area contributed by atoms with Gasteiger partial charge in [-0.3, -0.25) is 9.59 Å². The molecule has 1 saturated heterocycles. The van der Waals surface area contributed by atoms with Crippen LogP contribution in [-0.2, 0) is 9.59 Å². The van der Waals surface area contributed by atoms with Crippen LogP contribution in [-0.4, -0.2) is 35.0 Å². The average molecular weight is 182 g/mol. The normalized spacial score (nSPS) is 26.9. The van der Waals surface area contributed by atoms with Gasteiger partial charge in [-0.25, -0.2) is 0 Å². The number of hydrogen-bond acceptors (Lipinski definition) is 3. The van der Waals surface area contributed by atoms with Crippen molar-refractivity contribution < 1.29 is 14.7 Å². The quantitative estimate of drug-likeness (QED) is 0.610. The van der Waals surface area contributed by atoms with E-state index in [2.05, 4.69) is 0 Å². The Labute approximate surface area is 75.6 Å². The van der Waals surface area contributed by atoms with Gasteiger partial charge in [0.2, 0.25) is 5.91 Å². The van der Waals surface area contributed by atoms with Crippen molar-refractivity contribution in [1.29, 1.82) is 5.26 Å². The molecule has 0 aromatic heterocycles. The molecule has 1 unspecified atom stereocenters. The van der Waals surface area contributed by atoms with E-state index in [0.29, 0.717) is 6.54 Å². The molecule has 1 aliphatic rings. The van der Waals surface area contributed by atoms with Crippen LogP contribution in [0.5, 0.6) is 0 Å². The average Bonchev–Trinajstić information content (AvgIpc) is 2.49. The molecule has 5 heteroatoms. The molecule has 1 fully saturated rings. The van der Waals surface area contributed by atoms with Gasteiger partial charge in [-0.2, -0.15) is 5.26 Å². The van der Waals surface area contributed by atoms with Gasteiger partial charge in [-0.15, -0.1) is 0 Å². The summed E-state index contributed by atoms with van der Waals surface area (Å²) in [4.78, 5) is 23.0. The summed E-state index contributed by atoms with van der Waals surface area (Å²) < 4.78 is 0. The van der Waals surface area contributed by atoms with E-state index in [1.54, 1.807) is 6.07 Å². The third-order valence-electron chi connectivity index (χ3n) is 2.34. The van der Waals surface area contributed by atoms with Crippen LogP contribution in [0.25, 0.3) is 0 Å². The predicted molar refractivity (Wildman–Crippen MR) is 42.6 cm³/mol. The zero-order valence-electron chi connectivity index (χ0n) is 7.28. The molecule has 1 rings (SSSR count). The van der Waals surface area contributed by atoms with E-state index in [1.165, 1.54) is 11.8 Å². The first-order valence-corrected chi connectivity index (χ1v) is 3.92. The van der Waals surface area contributed by atoms with Crippen LogP contribution < -0.4 is 0 Å². The van der Waals surface area contributed by atoms with E-state index in [9.17, 15) is 9.59 Å². The van der Waals surface area contributed by atoms with E-state index >= 15 is 0 Å². The number of carbonyl (C=O) groups is 2. The number of carboxylic acids is 1. The Kier molecular flexibility index (Phi) is 2.24. The van der Waals surface area contributed by atoms with Gasteiger partial charge in [-0.05, 0) is 6.42 Å². The van der Waals surface area contributed by atoms with Crippen molar-refractivity contribution in [1.82, 2.24) is 4.90 Å². The number of rotatable bonds is 1. The van der Waals surface area contributed by atoms with Gasteiger partial charge < -0.3 is 10.0 Å². The van der Waals surface area contributed by atoms with Crippen molar-refractivity contribution in [2.75, 3.05) is 13.1 Å². The third-order valence-corrected chi connectivity index (χ3v) is 2.34. The summed E-state index contributed by atoms with van der Waals surface area (Å²) in [6.45, 7) is 1.73. The number of carboxylic acid groups (broad SMARTS) is 1. The fourth-order valence-electron chi connectivity index (χ4n) is 1.39. The summed E-state index contributed by atoms with van der Waals surface area (Å²) in [7, 11) is 0. The highest BCUT2D eigenvalue weighted by molar-refractivity contribution is 5.81. The van der Waals surface area contributed by atoms with Gasteiger partial charge in [0.15, 0.2) is 5.41 Å². The van der Waals surface area contributed by atoms with Crippen LogP contribution in [0.3, 0.4) is 0 Å². The maximum absolute atomic E-state index is 10.9. The molecule has 0 spiro atoms. The Morgan fingerprint density at radius 3 is 2.46 bits per heavy atom. The summed E-state index contributed by atoms with van der Waals surface area (Å²) in [5.41, 5.74) is -1.38. The molecule has 70 valence electrons. The van der Waals surface area contributed by atoms with E-state index in [-0.39, 0.29) is 18.9 Å². The van der Waals surface area contributed by atoms with Gasteiger partial charge in [0.1, 0.15) is 0 Å². The van der Waals surface area contributed by atoms with Crippen molar-refractivity contribution in [3.8, 4) is 6.07 Å². The molecule has 0 aromatic rings. The minimum absolute atomic E-state index is 0.00810. The maximum atomic E-state index is 10.9. The Bertz CT molecular complexity index is 294. The summed E-state index contributed by atoms with van der Waals surface area (Å²) in [6, 6.07) is 1.77. The number of nitrogens with zero attached hydrogens (tertiary/aromatic N) is 2. The van der Waals surface area contributed by atoms with Crippen molar-refractivity contribution >= 4 is 11.9 Å². The number of aliphatic carboxylic acids is 1. The third kappa shape index (κ3) is 1.47. The molecule has 1 N–H and O–H groups in total. The Morgan fingerprint density at radius 1 is 1.62 bits per heavy atom. The number of amides is 1. The topological polar surface area (TPSA) is 81.4 Å². The molecule has 0 aromatic carbocycles. The first kappa shape index (κ1) is 9.52. The first-order chi connectivity index (χ1) is 6.02. The fourth-order valence-corrected chi connectivity index (χ4v) is 1.39. The fraction of sp³-hybridized carbons (Fsp3) is 0.625. The first-order valence-electron chi connectivity index (χ1n) is 3.92. The van der Waals surface area contributed by atoms with Crippen LogP contribution in [0.15, 0.2) is 0 Å². The molecule has 0 aliphatic carbocycles. The highest BCUT2D eigenvalue weighted by atomic mass is 16.4. The predicted octanol–water partition coefficient (Wildman–Crippen LogP) is -0.167. The highest BCUT2D eigenvalue weighted by Crippen LogP contribution is 2.29. The van der Waals surface area contributed by atoms with Crippen molar-refractivity contribution in [2.24, 2.45) is 5.41 Å². The molecule has 1 aliphatic heterocycles. The van der Waals surface area contributed by atoms with Crippen molar-refractivity contribution in [3.63, 3.8) is 0 Å². The lowest BCUT2D eigenvalue weighted by Crippen LogP contribution is -2.34. The Balaban J connectivity index is 2.82. The van der Waals surface area contributed by atoms with Crippen LogP contribution >= 0.6 is 0 Å². The standard InChI is InChI=1S/C8H10N2O3/c1-6(11)10-3-2-8(4-9,5-10)7(12)13/h2-3,5H2,1H3,(H,12,13). The monoisotopic (exact) mass is 182 g/mol. The largest absolute Gasteiger partial charge is 0.480 e. The van der Waals surface area contributed by atoms with E-state index in [0.717, 1.165) is 0 Å². The van der Waals surface area contributed by atoms with Crippen LogP contribution in [0.2, 0.25) is 0 Å². The zero-order valence-corrected chi connectivity index (χ0v) is 7.28. The SMILES string of the molecule is CC(=O)N1CCC(C#N)(C(=O)O)C1. The molecule has 13 heavy (non-hydrogen) atoms. The van der Waals surface area contributed by atoms with Crippen LogP contribution in [0.1, 0.15) is 13.3 Å². The van der Waals surface area contributed by atoms with Gasteiger partial charge in [0.25, 0.3) is 0 Å². The van der Waals surface area contributed by atoms with Crippen molar-refractivity contribution in [2.45, 2.75) is 13.3 Å². The van der Waals surface area contributed by atoms with Gasteiger partial charge in [-0.1, -0.05) is 0 Å². The molecule has 0 radical (unpaired) electrons. The lowest BCUT2D eigenvalue weighted by Gasteiger charge is -2.16. The van der Waals surface area contributed by atoms with Gasteiger partial charge in [0, 0.05) is 13.5 Å². The van der Waals surface area contributed by atoms with Crippen LogP contribution in [0.4, 0.5) is 0 Å². The molecular weight excluding hydrogens is 172 g/mol. The summed E-state index contributed by atoms with van der Waals surface area (Å²) in [5, 5.41) is 17.5. The lowest BCUT2D eigenvalue weighted by atomic mass is 9.89. The summed E-state index contributed by atoms with van der Waals surface area (Å²) in [6.07, 6.45) is 0.221. The summed E-state index contributed by atoms with van der Waals surface area (Å²) >= 11 is 0. The number of nitriles is 1. The van der Waals surface area contributed by atoms with Crippen LogP contribution in [0, 0.1) is 16.7 Å². The number of likely N-dealkylation sites (tertiary alicyclic amines) is 1. The van der Waals surface area contributed by atoms with E-state index in [1.807, 2.05) is 0 Å². The smallest absolute Gasteiger partial charge is 0.325 e. The van der Waals surface area contributed by atoms with Crippen molar-refractivity contribution in [3.05, 3.63) is 0 Å². The molecule has 1 atom stereocenters. The molecule has 1 heterocycles. The molecule has 5 nitrogen and oxygen atoms in total. The summed E-state index contributed by atoms with van der Waals surface area (Å²) in [5.74, 6) is -1.32. The minimum atomic E-state index is -1.38. The molecule has 0 bridgehead atoms. The van der Waals surface area contributed by atoms with Gasteiger partial charge in [0.05, 0.1) is 12.6 Å². The minimum Gasteiger partial charge on any atom is -0.480 e. The van der Waals surface area contributed by atoms with E-state index in [4.69, 9.17) is 10.4 Å². The molecule has 1 amide bonds. The second kappa shape index (κ2) is 3.05. The number of carbonyl (C=O) groups excluding carboxylic acids is 1. The number of hydrogen-bond donors (Lipinski definition) is 1. The second-order valence-electron chi connectivity index (χ2n) is 3.19. The Morgan fingerprint density at radius 2 is 2.23 bits per heavy atom.